The molecule has 2 aromatic heterocycles. The van der Waals surface area contributed by atoms with Crippen LogP contribution in [0.5, 0.6) is 0 Å². The van der Waals surface area contributed by atoms with E-state index in [-0.39, 0.29) is 11.8 Å². The van der Waals surface area contributed by atoms with Gasteiger partial charge in [-0.1, -0.05) is 0 Å². The highest BCUT2D eigenvalue weighted by atomic mass is 32.1. The van der Waals surface area contributed by atoms with Gasteiger partial charge in [0.15, 0.2) is 0 Å². The molecule has 5 nitrogen and oxygen atoms in total. The van der Waals surface area contributed by atoms with Crippen molar-refractivity contribution in [1.29, 1.82) is 0 Å². The van der Waals surface area contributed by atoms with Crippen LogP contribution in [-0.4, -0.2) is 38.6 Å². The van der Waals surface area contributed by atoms with Gasteiger partial charge in [0.2, 0.25) is 0 Å². The second-order valence-corrected chi connectivity index (χ2v) is 6.82. The fraction of sp³-hybridized carbons (Fsp3) is 0.500. The number of likely N-dealkylation sites (tertiary alicyclic amines) is 1. The molecular formula is C16H21N3O2S. The van der Waals surface area contributed by atoms with Crippen LogP contribution in [0.2, 0.25) is 0 Å². The summed E-state index contributed by atoms with van der Waals surface area (Å²) >= 11 is 1.50. The predicted octanol–water partition coefficient (Wildman–Crippen LogP) is 2.38. The van der Waals surface area contributed by atoms with E-state index >= 15 is 0 Å². The number of nitrogens with zero attached hydrogens (tertiary/aromatic N) is 3. The van der Waals surface area contributed by atoms with Gasteiger partial charge in [-0.2, -0.15) is 0 Å². The van der Waals surface area contributed by atoms with E-state index in [4.69, 9.17) is 0 Å². The average Bonchev–Trinajstić information content (AvgIpc) is 3.14. The van der Waals surface area contributed by atoms with Crippen molar-refractivity contribution in [3.63, 3.8) is 0 Å². The second kappa shape index (κ2) is 6.22. The van der Waals surface area contributed by atoms with Crippen LogP contribution in [-0.2, 0) is 7.05 Å². The standard InChI is InChI=1S/C16H21N3O2S/c1-11-5-10-22-14(11)16(21)19-7-3-12(4-8-19)13(20)15-17-6-9-18(15)2/h5-6,9-10,12-13,20H,3-4,7-8H2,1-2H3/t13-/m1/s1. The van der Waals surface area contributed by atoms with Crippen molar-refractivity contribution in [3.8, 4) is 0 Å². The number of aliphatic hydroxyl groups excluding tert-OH is 1. The molecule has 22 heavy (non-hydrogen) atoms. The Morgan fingerprint density at radius 1 is 1.45 bits per heavy atom. The molecule has 3 rings (SSSR count). The molecule has 0 bridgehead atoms. The van der Waals surface area contributed by atoms with Crippen LogP contribution in [0.25, 0.3) is 0 Å². The van der Waals surface area contributed by atoms with Crippen LogP contribution in [0, 0.1) is 12.8 Å². The number of amides is 1. The normalized spacial score (nSPS) is 17.7. The van der Waals surface area contributed by atoms with Crippen molar-refractivity contribution in [2.45, 2.75) is 25.9 Å². The third kappa shape index (κ3) is 2.80. The number of hydrogen-bond acceptors (Lipinski definition) is 4. The summed E-state index contributed by atoms with van der Waals surface area (Å²) in [7, 11) is 1.89. The maximum atomic E-state index is 12.5. The van der Waals surface area contributed by atoms with Gasteiger partial charge in [-0.3, -0.25) is 4.79 Å². The molecule has 1 aliphatic heterocycles. The Kier molecular flexibility index (Phi) is 4.31. The Hall–Kier alpha value is -1.66. The van der Waals surface area contributed by atoms with Crippen molar-refractivity contribution in [2.75, 3.05) is 13.1 Å². The van der Waals surface area contributed by atoms with Crippen LogP contribution in [0.3, 0.4) is 0 Å². The lowest BCUT2D eigenvalue weighted by Crippen LogP contribution is -2.40. The van der Waals surface area contributed by atoms with Crippen molar-refractivity contribution in [3.05, 3.63) is 40.1 Å². The molecule has 6 heteroatoms. The Balaban J connectivity index is 1.62. The number of piperidine rings is 1. The molecule has 0 spiro atoms. The molecule has 1 aliphatic rings. The summed E-state index contributed by atoms with van der Waals surface area (Å²) in [4.78, 5) is 19.5. The van der Waals surface area contributed by atoms with E-state index in [0.717, 1.165) is 23.3 Å². The quantitative estimate of drug-likeness (QED) is 0.945. The summed E-state index contributed by atoms with van der Waals surface area (Å²) in [5.74, 6) is 0.992. The number of carbonyl (C=O) groups excluding carboxylic acids is 1. The average molecular weight is 319 g/mol. The lowest BCUT2D eigenvalue weighted by atomic mass is 9.90. The van der Waals surface area contributed by atoms with Gasteiger partial charge in [0.1, 0.15) is 11.9 Å². The molecule has 0 aliphatic carbocycles. The molecule has 0 radical (unpaired) electrons. The number of thiophene rings is 1. The molecular weight excluding hydrogens is 298 g/mol. The van der Waals surface area contributed by atoms with E-state index in [9.17, 15) is 9.90 Å². The Bertz CT molecular complexity index is 656. The summed E-state index contributed by atoms with van der Waals surface area (Å²) in [6.07, 6.45) is 4.61. The van der Waals surface area contributed by atoms with Crippen LogP contribution >= 0.6 is 11.3 Å². The molecule has 0 unspecified atom stereocenters. The Morgan fingerprint density at radius 3 is 2.73 bits per heavy atom. The summed E-state index contributed by atoms with van der Waals surface area (Å²) < 4.78 is 1.86. The van der Waals surface area contributed by atoms with E-state index < -0.39 is 6.10 Å². The molecule has 3 heterocycles. The minimum Gasteiger partial charge on any atom is -0.385 e. The van der Waals surface area contributed by atoms with Crippen molar-refractivity contribution in [1.82, 2.24) is 14.5 Å². The maximum absolute atomic E-state index is 12.5. The number of hydrogen-bond donors (Lipinski definition) is 1. The summed E-state index contributed by atoms with van der Waals surface area (Å²) in [6.45, 7) is 3.37. The number of aromatic nitrogens is 2. The fourth-order valence-corrected chi connectivity index (χ4v) is 3.92. The van der Waals surface area contributed by atoms with Crippen molar-refractivity contribution in [2.24, 2.45) is 13.0 Å². The van der Waals surface area contributed by atoms with E-state index in [1.165, 1.54) is 11.3 Å². The Labute approximate surface area is 134 Å². The first-order chi connectivity index (χ1) is 10.6. The number of carbonyl (C=O) groups is 1. The largest absolute Gasteiger partial charge is 0.385 e. The molecule has 2 aromatic rings. The lowest BCUT2D eigenvalue weighted by Gasteiger charge is -2.34. The van der Waals surface area contributed by atoms with Crippen LogP contribution in [0.1, 0.15) is 40.0 Å². The molecule has 1 saturated heterocycles. The zero-order chi connectivity index (χ0) is 15.7. The molecule has 0 aromatic carbocycles. The first-order valence-electron chi connectivity index (χ1n) is 7.56. The van der Waals surface area contributed by atoms with Gasteiger partial charge in [-0.05, 0) is 42.7 Å². The smallest absolute Gasteiger partial charge is 0.264 e. The molecule has 0 saturated carbocycles. The third-order valence-electron chi connectivity index (χ3n) is 4.45. The first-order valence-corrected chi connectivity index (χ1v) is 8.44. The number of aliphatic hydroxyl groups is 1. The number of imidazole rings is 1. The zero-order valence-corrected chi connectivity index (χ0v) is 13.7. The van der Waals surface area contributed by atoms with Gasteiger partial charge in [0.05, 0.1) is 4.88 Å². The van der Waals surface area contributed by atoms with Gasteiger partial charge < -0.3 is 14.6 Å². The fourth-order valence-electron chi connectivity index (χ4n) is 3.03. The van der Waals surface area contributed by atoms with Crippen LogP contribution in [0.15, 0.2) is 23.8 Å². The van der Waals surface area contributed by atoms with Crippen molar-refractivity contribution < 1.29 is 9.90 Å². The van der Waals surface area contributed by atoms with Gasteiger partial charge in [0.25, 0.3) is 5.91 Å². The molecule has 1 fully saturated rings. The second-order valence-electron chi connectivity index (χ2n) is 5.90. The SMILES string of the molecule is Cc1ccsc1C(=O)N1CCC([C@@H](O)c2nccn2C)CC1. The minimum absolute atomic E-state index is 0.123. The Morgan fingerprint density at radius 2 is 2.18 bits per heavy atom. The minimum atomic E-state index is -0.555. The zero-order valence-electron chi connectivity index (χ0n) is 12.9. The number of rotatable bonds is 3. The topological polar surface area (TPSA) is 58.4 Å². The predicted molar refractivity (Wildman–Crippen MR) is 85.9 cm³/mol. The van der Waals surface area contributed by atoms with E-state index in [0.29, 0.717) is 18.9 Å². The van der Waals surface area contributed by atoms with Gasteiger partial charge in [-0.25, -0.2) is 4.98 Å². The van der Waals surface area contributed by atoms with Crippen LogP contribution in [0.4, 0.5) is 0 Å². The number of aryl methyl sites for hydroxylation is 2. The maximum Gasteiger partial charge on any atom is 0.264 e. The monoisotopic (exact) mass is 319 g/mol. The lowest BCUT2D eigenvalue weighted by molar-refractivity contribution is 0.0422. The van der Waals surface area contributed by atoms with Gasteiger partial charge >= 0.3 is 0 Å². The van der Waals surface area contributed by atoms with Crippen molar-refractivity contribution >= 4 is 17.2 Å². The third-order valence-corrected chi connectivity index (χ3v) is 5.46. The highest BCUT2D eigenvalue weighted by molar-refractivity contribution is 7.12. The molecule has 1 amide bonds. The summed E-state index contributed by atoms with van der Waals surface area (Å²) in [5.41, 5.74) is 1.05. The highest BCUT2D eigenvalue weighted by Gasteiger charge is 2.30. The van der Waals surface area contributed by atoms with E-state index in [1.807, 2.05) is 41.1 Å². The van der Waals surface area contributed by atoms with Crippen LogP contribution < -0.4 is 0 Å². The first kappa shape index (κ1) is 15.2. The molecule has 118 valence electrons. The van der Waals surface area contributed by atoms with Gasteiger partial charge in [-0.15, -0.1) is 11.3 Å². The molecule has 1 N–H and O–H groups in total. The van der Waals surface area contributed by atoms with E-state index in [2.05, 4.69) is 4.98 Å². The summed E-state index contributed by atoms with van der Waals surface area (Å²) in [5, 5.41) is 12.4. The highest BCUT2D eigenvalue weighted by Crippen LogP contribution is 2.30. The van der Waals surface area contributed by atoms with E-state index in [1.54, 1.807) is 6.20 Å². The summed E-state index contributed by atoms with van der Waals surface area (Å²) in [6, 6.07) is 1.98. The van der Waals surface area contributed by atoms with Gasteiger partial charge in [0, 0.05) is 32.5 Å². The molecule has 1 atom stereocenters.